The van der Waals surface area contributed by atoms with Gasteiger partial charge < -0.3 is 10.2 Å². The number of benzene rings is 3. The Labute approximate surface area is 143 Å². The number of hydrogen-bond donors (Lipinski definition) is 2. The van der Waals surface area contributed by atoms with Crippen LogP contribution in [-0.4, -0.2) is 10.2 Å². The number of phenols is 2. The lowest BCUT2D eigenvalue weighted by Gasteiger charge is -2.33. The van der Waals surface area contributed by atoms with E-state index in [0.717, 1.165) is 27.8 Å². The highest BCUT2D eigenvalue weighted by molar-refractivity contribution is 5.60. The van der Waals surface area contributed by atoms with Gasteiger partial charge in [0.15, 0.2) is 0 Å². The molecule has 2 nitrogen and oxygen atoms in total. The van der Waals surface area contributed by atoms with Crippen LogP contribution in [0.4, 0.5) is 0 Å². The Morgan fingerprint density at radius 2 is 1.08 bits per heavy atom. The second-order valence-corrected chi connectivity index (χ2v) is 6.43. The number of aryl methyl sites for hydroxylation is 2. The molecule has 0 unspecified atom stereocenters. The third kappa shape index (κ3) is 2.44. The molecule has 2 heteroatoms. The molecule has 0 amide bonds. The van der Waals surface area contributed by atoms with Crippen molar-refractivity contribution in [3.05, 3.63) is 94.5 Å². The molecule has 0 saturated heterocycles. The van der Waals surface area contributed by atoms with Crippen molar-refractivity contribution in [2.24, 2.45) is 0 Å². The zero-order valence-electron chi connectivity index (χ0n) is 14.2. The molecule has 0 radical (unpaired) electrons. The zero-order valence-corrected chi connectivity index (χ0v) is 14.2. The monoisotopic (exact) mass is 318 g/mol. The number of aromatic hydroxyl groups is 2. The standard InChI is InChI=1S/C22H22O2/c1-15-9-7-13-18(20(15)23)22(3,17-11-5-4-6-12-17)19-14-8-10-16(2)21(19)24/h4-14,23-24H,1-3H3. The van der Waals surface area contributed by atoms with E-state index in [2.05, 4.69) is 0 Å². The second-order valence-electron chi connectivity index (χ2n) is 6.43. The Hall–Kier alpha value is -2.74. The molecule has 0 spiro atoms. The summed E-state index contributed by atoms with van der Waals surface area (Å²) in [6.07, 6.45) is 0. The van der Waals surface area contributed by atoms with Crippen molar-refractivity contribution in [3.63, 3.8) is 0 Å². The first-order valence-corrected chi connectivity index (χ1v) is 8.10. The fourth-order valence-corrected chi connectivity index (χ4v) is 3.35. The lowest BCUT2D eigenvalue weighted by Crippen LogP contribution is -2.26. The molecule has 0 aliphatic rings. The van der Waals surface area contributed by atoms with E-state index in [1.807, 2.05) is 87.5 Å². The highest BCUT2D eigenvalue weighted by Gasteiger charge is 2.36. The van der Waals surface area contributed by atoms with Gasteiger partial charge >= 0.3 is 0 Å². The normalized spacial score (nSPS) is 11.5. The Bertz CT molecular complexity index is 815. The molecule has 3 aromatic rings. The first-order valence-electron chi connectivity index (χ1n) is 8.10. The summed E-state index contributed by atoms with van der Waals surface area (Å²) >= 11 is 0. The van der Waals surface area contributed by atoms with Crippen molar-refractivity contribution in [3.8, 4) is 11.5 Å². The van der Waals surface area contributed by atoms with E-state index in [9.17, 15) is 10.2 Å². The van der Waals surface area contributed by atoms with Crippen molar-refractivity contribution >= 4 is 0 Å². The summed E-state index contributed by atoms with van der Waals surface area (Å²) in [5.41, 5.74) is 3.58. The van der Waals surface area contributed by atoms with Gasteiger partial charge in [-0.15, -0.1) is 0 Å². The molecular weight excluding hydrogens is 296 g/mol. The van der Waals surface area contributed by atoms with Gasteiger partial charge in [-0.3, -0.25) is 0 Å². The fraction of sp³-hybridized carbons (Fsp3) is 0.182. The summed E-state index contributed by atoms with van der Waals surface area (Å²) in [6, 6.07) is 21.5. The van der Waals surface area contributed by atoms with Crippen LogP contribution in [0.5, 0.6) is 11.5 Å². The molecule has 0 saturated carbocycles. The quantitative estimate of drug-likeness (QED) is 0.662. The van der Waals surface area contributed by atoms with Crippen LogP contribution in [-0.2, 0) is 5.41 Å². The Morgan fingerprint density at radius 3 is 1.54 bits per heavy atom. The minimum Gasteiger partial charge on any atom is -0.507 e. The van der Waals surface area contributed by atoms with E-state index in [-0.39, 0.29) is 11.5 Å². The molecule has 3 aromatic carbocycles. The fourth-order valence-electron chi connectivity index (χ4n) is 3.35. The van der Waals surface area contributed by atoms with Crippen molar-refractivity contribution in [1.29, 1.82) is 0 Å². The maximum absolute atomic E-state index is 10.7. The number of phenolic OH excluding ortho intramolecular Hbond substituents is 2. The summed E-state index contributed by atoms with van der Waals surface area (Å²) < 4.78 is 0. The topological polar surface area (TPSA) is 40.5 Å². The molecule has 2 N–H and O–H groups in total. The minimum absolute atomic E-state index is 0.268. The Kier molecular flexibility index (Phi) is 4.06. The third-order valence-electron chi connectivity index (χ3n) is 4.90. The van der Waals surface area contributed by atoms with Crippen molar-refractivity contribution in [1.82, 2.24) is 0 Å². The predicted octanol–water partition coefficient (Wildman–Crippen LogP) is 5.07. The molecule has 0 heterocycles. The van der Waals surface area contributed by atoms with Gasteiger partial charge in [-0.1, -0.05) is 66.7 Å². The summed E-state index contributed by atoms with van der Waals surface area (Å²) in [7, 11) is 0. The van der Waals surface area contributed by atoms with Gasteiger partial charge in [0.2, 0.25) is 0 Å². The summed E-state index contributed by atoms with van der Waals surface area (Å²) in [5.74, 6) is 0.537. The predicted molar refractivity (Wildman–Crippen MR) is 97.7 cm³/mol. The first kappa shape index (κ1) is 16.1. The van der Waals surface area contributed by atoms with Crippen LogP contribution in [0.1, 0.15) is 34.7 Å². The molecule has 0 aromatic heterocycles. The largest absolute Gasteiger partial charge is 0.507 e. The van der Waals surface area contributed by atoms with Crippen molar-refractivity contribution in [2.75, 3.05) is 0 Å². The number of rotatable bonds is 3. The highest BCUT2D eigenvalue weighted by atomic mass is 16.3. The van der Waals surface area contributed by atoms with Gasteiger partial charge in [0.25, 0.3) is 0 Å². The number of hydrogen-bond acceptors (Lipinski definition) is 2. The summed E-state index contributed by atoms with van der Waals surface area (Å²) in [4.78, 5) is 0. The molecular formula is C22H22O2. The minimum atomic E-state index is -0.659. The summed E-state index contributed by atoms with van der Waals surface area (Å²) in [5, 5.41) is 21.5. The maximum Gasteiger partial charge on any atom is 0.122 e. The van der Waals surface area contributed by atoms with Crippen LogP contribution in [0.2, 0.25) is 0 Å². The van der Waals surface area contributed by atoms with Gasteiger partial charge in [0.1, 0.15) is 11.5 Å². The first-order chi connectivity index (χ1) is 11.5. The Balaban J connectivity index is 2.38. The SMILES string of the molecule is Cc1cccc(C(C)(c2ccccc2)c2cccc(C)c2O)c1O. The molecule has 0 aliphatic heterocycles. The van der Waals surface area contributed by atoms with E-state index >= 15 is 0 Å². The van der Waals surface area contributed by atoms with E-state index in [1.165, 1.54) is 0 Å². The lowest BCUT2D eigenvalue weighted by atomic mass is 9.69. The van der Waals surface area contributed by atoms with Crippen molar-refractivity contribution in [2.45, 2.75) is 26.2 Å². The average Bonchev–Trinajstić information content (AvgIpc) is 2.60. The second kappa shape index (κ2) is 6.04. The van der Waals surface area contributed by atoms with Gasteiger partial charge in [-0.25, -0.2) is 0 Å². The molecule has 3 rings (SSSR count). The van der Waals surface area contributed by atoms with Crippen LogP contribution in [0.25, 0.3) is 0 Å². The highest BCUT2D eigenvalue weighted by Crippen LogP contribution is 2.46. The molecule has 0 fully saturated rings. The molecule has 0 aliphatic carbocycles. The molecule has 0 atom stereocenters. The molecule has 24 heavy (non-hydrogen) atoms. The smallest absolute Gasteiger partial charge is 0.122 e. The van der Waals surface area contributed by atoms with E-state index < -0.39 is 5.41 Å². The van der Waals surface area contributed by atoms with Crippen LogP contribution in [0, 0.1) is 13.8 Å². The maximum atomic E-state index is 10.7. The third-order valence-corrected chi connectivity index (χ3v) is 4.90. The van der Waals surface area contributed by atoms with E-state index in [4.69, 9.17) is 0 Å². The van der Waals surface area contributed by atoms with Gasteiger partial charge in [0, 0.05) is 16.5 Å². The molecule has 0 bridgehead atoms. The van der Waals surface area contributed by atoms with Gasteiger partial charge in [-0.2, -0.15) is 0 Å². The molecule has 122 valence electrons. The Morgan fingerprint density at radius 1 is 0.625 bits per heavy atom. The number of para-hydroxylation sites is 2. The van der Waals surface area contributed by atoms with Crippen molar-refractivity contribution < 1.29 is 10.2 Å². The van der Waals surface area contributed by atoms with E-state index in [1.54, 1.807) is 0 Å². The van der Waals surface area contributed by atoms with E-state index in [0.29, 0.717) is 0 Å². The average molecular weight is 318 g/mol. The van der Waals surface area contributed by atoms with Gasteiger partial charge in [0.05, 0.1) is 0 Å². The summed E-state index contributed by atoms with van der Waals surface area (Å²) in [6.45, 7) is 5.83. The van der Waals surface area contributed by atoms with Crippen LogP contribution < -0.4 is 0 Å². The van der Waals surface area contributed by atoms with Gasteiger partial charge in [-0.05, 0) is 37.5 Å². The lowest BCUT2D eigenvalue weighted by molar-refractivity contribution is 0.438. The van der Waals surface area contributed by atoms with Crippen LogP contribution in [0.3, 0.4) is 0 Å². The van der Waals surface area contributed by atoms with Crippen LogP contribution in [0.15, 0.2) is 66.7 Å². The van der Waals surface area contributed by atoms with Crippen LogP contribution >= 0.6 is 0 Å². The zero-order chi connectivity index (χ0) is 17.3.